The number of hydrogen-bond acceptors (Lipinski definition) is 8. The van der Waals surface area contributed by atoms with Gasteiger partial charge in [0, 0.05) is 43.0 Å². The molecule has 5 heterocycles. The van der Waals surface area contributed by atoms with Crippen molar-refractivity contribution >= 4 is 22.8 Å². The average molecular weight is 493 g/mol. The lowest BCUT2D eigenvalue weighted by Crippen LogP contribution is -2.25. The van der Waals surface area contributed by atoms with Crippen molar-refractivity contribution in [2.75, 3.05) is 29.4 Å². The van der Waals surface area contributed by atoms with Crippen molar-refractivity contribution < 1.29 is 18.3 Å². The summed E-state index contributed by atoms with van der Waals surface area (Å²) in [5, 5.41) is 9.78. The van der Waals surface area contributed by atoms with Crippen molar-refractivity contribution in [3.63, 3.8) is 0 Å². The largest absolute Gasteiger partial charge is 0.391 e. The Balaban J connectivity index is 1.37. The van der Waals surface area contributed by atoms with E-state index < -0.39 is 23.8 Å². The number of aliphatic hydroxyl groups excluding tert-OH is 1. The number of anilines is 2. The van der Waals surface area contributed by atoms with Crippen LogP contribution in [0.4, 0.5) is 24.9 Å². The highest BCUT2D eigenvalue weighted by molar-refractivity contribution is 5.89. The number of aromatic nitrogens is 5. The molecule has 184 valence electrons. The topological polar surface area (TPSA) is 91.2 Å². The third-order valence-corrected chi connectivity index (χ3v) is 6.69. The standard InChI is InChI=1S/C25H22F3N7O/c26-15-1-2-19(28)18(7-15)21-8-16(27)11-35(21)22-4-3-20-24(33-22)23(32-13-31-20)14-9-29-25(30-10-14)34-6-5-17(36)12-34/h1-4,7,9-10,13,16-17,21,36H,5-6,8,11-12H2/t16-,17-,21+/m0/s1. The number of β-amino-alcohol motifs (C(OH)–C–C–N with tert-alkyl or cyclic N) is 1. The third kappa shape index (κ3) is 4.09. The Morgan fingerprint density at radius 1 is 0.972 bits per heavy atom. The molecule has 36 heavy (non-hydrogen) atoms. The second kappa shape index (κ2) is 8.98. The van der Waals surface area contributed by atoms with Gasteiger partial charge in [-0.3, -0.25) is 0 Å². The number of nitrogens with zero attached hydrogens (tertiary/aromatic N) is 7. The summed E-state index contributed by atoms with van der Waals surface area (Å²) in [5.41, 5.74) is 2.24. The lowest BCUT2D eigenvalue weighted by Gasteiger charge is -2.26. The van der Waals surface area contributed by atoms with Crippen molar-refractivity contribution in [2.45, 2.75) is 31.2 Å². The van der Waals surface area contributed by atoms with Crippen LogP contribution in [0, 0.1) is 11.6 Å². The highest BCUT2D eigenvalue weighted by Gasteiger charge is 2.36. The highest BCUT2D eigenvalue weighted by atomic mass is 19.1. The van der Waals surface area contributed by atoms with Gasteiger partial charge in [0.25, 0.3) is 0 Å². The Morgan fingerprint density at radius 2 is 1.81 bits per heavy atom. The van der Waals surface area contributed by atoms with Crippen LogP contribution in [0.3, 0.4) is 0 Å². The van der Waals surface area contributed by atoms with E-state index in [-0.39, 0.29) is 24.6 Å². The molecular weight excluding hydrogens is 471 g/mol. The van der Waals surface area contributed by atoms with Gasteiger partial charge in [0.05, 0.1) is 24.2 Å². The molecule has 2 saturated heterocycles. The molecule has 6 rings (SSSR count). The Bertz CT molecular complexity index is 1420. The summed E-state index contributed by atoms with van der Waals surface area (Å²) >= 11 is 0. The molecule has 2 aliphatic heterocycles. The first-order chi connectivity index (χ1) is 17.5. The quantitative estimate of drug-likeness (QED) is 0.461. The van der Waals surface area contributed by atoms with Gasteiger partial charge in [-0.15, -0.1) is 0 Å². The van der Waals surface area contributed by atoms with Crippen molar-refractivity contribution in [3.05, 3.63) is 66.3 Å². The van der Waals surface area contributed by atoms with Crippen LogP contribution in [0.2, 0.25) is 0 Å². The van der Waals surface area contributed by atoms with Gasteiger partial charge >= 0.3 is 0 Å². The zero-order valence-corrected chi connectivity index (χ0v) is 19.1. The average Bonchev–Trinajstić information content (AvgIpc) is 3.50. The van der Waals surface area contributed by atoms with E-state index in [1.54, 1.807) is 29.4 Å². The molecule has 8 nitrogen and oxygen atoms in total. The van der Waals surface area contributed by atoms with Crippen LogP contribution < -0.4 is 9.80 Å². The second-order valence-corrected chi connectivity index (χ2v) is 9.09. The first-order valence-corrected chi connectivity index (χ1v) is 11.7. The zero-order chi connectivity index (χ0) is 24.8. The predicted octanol–water partition coefficient (Wildman–Crippen LogP) is 3.62. The minimum atomic E-state index is -1.22. The van der Waals surface area contributed by atoms with E-state index in [0.29, 0.717) is 53.6 Å². The molecule has 1 N–H and O–H groups in total. The van der Waals surface area contributed by atoms with Crippen molar-refractivity contribution in [3.8, 4) is 11.3 Å². The maximum absolute atomic E-state index is 14.6. The van der Waals surface area contributed by atoms with Crippen LogP contribution in [0.15, 0.2) is 49.1 Å². The van der Waals surface area contributed by atoms with Gasteiger partial charge < -0.3 is 14.9 Å². The molecule has 0 spiro atoms. The van der Waals surface area contributed by atoms with Crippen LogP contribution in [-0.2, 0) is 0 Å². The van der Waals surface area contributed by atoms with Crippen molar-refractivity contribution in [1.82, 2.24) is 24.9 Å². The van der Waals surface area contributed by atoms with Crippen LogP contribution in [0.5, 0.6) is 0 Å². The van der Waals surface area contributed by atoms with Crippen LogP contribution in [0.1, 0.15) is 24.4 Å². The number of benzene rings is 1. The molecule has 0 radical (unpaired) electrons. The van der Waals surface area contributed by atoms with Crippen LogP contribution in [0.25, 0.3) is 22.3 Å². The van der Waals surface area contributed by atoms with Crippen molar-refractivity contribution in [2.24, 2.45) is 0 Å². The smallest absolute Gasteiger partial charge is 0.225 e. The number of halogens is 3. The number of pyridine rings is 1. The van der Waals surface area contributed by atoms with Gasteiger partial charge in [0.2, 0.25) is 5.95 Å². The number of alkyl halides is 1. The Kier molecular flexibility index (Phi) is 5.63. The number of aliphatic hydroxyl groups is 1. The summed E-state index contributed by atoms with van der Waals surface area (Å²) in [7, 11) is 0. The minimum absolute atomic E-state index is 0.00163. The molecule has 0 unspecified atom stereocenters. The van der Waals surface area contributed by atoms with Crippen molar-refractivity contribution in [1.29, 1.82) is 0 Å². The number of fused-ring (bicyclic) bond motifs is 1. The summed E-state index contributed by atoms with van der Waals surface area (Å²) in [6, 6.07) is 5.95. The lowest BCUT2D eigenvalue weighted by molar-refractivity contribution is 0.198. The van der Waals surface area contributed by atoms with Gasteiger partial charge in [-0.1, -0.05) is 0 Å². The summed E-state index contributed by atoms with van der Waals surface area (Å²) in [6.07, 6.45) is 3.79. The third-order valence-electron chi connectivity index (χ3n) is 6.69. The SMILES string of the molecule is O[C@H]1CCN(c2ncc(-c3ncnc4ccc(N5C[C@@H](F)C[C@@H]5c5cc(F)ccc5F)nc34)cn2)C1. The molecule has 2 aliphatic rings. The number of rotatable bonds is 4. The lowest BCUT2D eigenvalue weighted by atomic mass is 10.0. The highest BCUT2D eigenvalue weighted by Crippen LogP contribution is 2.39. The summed E-state index contributed by atoms with van der Waals surface area (Å²) in [4.78, 5) is 25.8. The van der Waals surface area contributed by atoms with Crippen LogP contribution >= 0.6 is 0 Å². The first kappa shape index (κ1) is 22.6. The molecule has 3 atom stereocenters. The molecule has 0 bridgehead atoms. The fourth-order valence-electron chi connectivity index (χ4n) is 4.93. The van der Waals surface area contributed by atoms with E-state index in [1.165, 1.54) is 6.33 Å². The second-order valence-electron chi connectivity index (χ2n) is 9.09. The van der Waals surface area contributed by atoms with Gasteiger partial charge in [-0.2, -0.15) is 0 Å². The monoisotopic (exact) mass is 493 g/mol. The van der Waals surface area contributed by atoms with E-state index in [9.17, 15) is 18.3 Å². The Morgan fingerprint density at radius 3 is 2.58 bits per heavy atom. The molecule has 3 aromatic heterocycles. The van der Waals surface area contributed by atoms with E-state index in [4.69, 9.17) is 4.98 Å². The Hall–Kier alpha value is -3.86. The van der Waals surface area contributed by atoms with E-state index >= 15 is 0 Å². The molecular formula is C25H22F3N7O. The summed E-state index contributed by atoms with van der Waals surface area (Å²) in [5.74, 6) is -0.236. The summed E-state index contributed by atoms with van der Waals surface area (Å²) in [6.45, 7) is 1.17. The van der Waals surface area contributed by atoms with Crippen LogP contribution in [-0.4, -0.2) is 61.9 Å². The van der Waals surface area contributed by atoms with Gasteiger partial charge in [0.15, 0.2) is 0 Å². The Labute approximate surface area is 204 Å². The first-order valence-electron chi connectivity index (χ1n) is 11.7. The predicted molar refractivity (Wildman–Crippen MR) is 127 cm³/mol. The maximum Gasteiger partial charge on any atom is 0.225 e. The molecule has 2 fully saturated rings. The van der Waals surface area contributed by atoms with E-state index in [1.807, 2.05) is 4.90 Å². The normalized spacial score (nSPS) is 22.1. The molecule has 0 saturated carbocycles. The molecule has 0 aliphatic carbocycles. The molecule has 0 amide bonds. The van der Waals surface area contributed by atoms with Gasteiger partial charge in [-0.25, -0.2) is 38.1 Å². The maximum atomic E-state index is 14.6. The molecule has 4 aromatic rings. The van der Waals surface area contributed by atoms with Gasteiger partial charge in [-0.05, 0) is 36.8 Å². The van der Waals surface area contributed by atoms with E-state index in [0.717, 1.165) is 18.2 Å². The zero-order valence-electron chi connectivity index (χ0n) is 19.1. The fourth-order valence-corrected chi connectivity index (χ4v) is 4.93. The fraction of sp³-hybridized carbons (Fsp3) is 0.320. The summed E-state index contributed by atoms with van der Waals surface area (Å²) < 4.78 is 43.0. The minimum Gasteiger partial charge on any atom is -0.391 e. The molecule has 1 aromatic carbocycles. The number of hydrogen-bond donors (Lipinski definition) is 1. The van der Waals surface area contributed by atoms with E-state index in [2.05, 4.69) is 19.9 Å². The molecule has 11 heteroatoms. The van der Waals surface area contributed by atoms with Gasteiger partial charge in [0.1, 0.15) is 41.2 Å².